The van der Waals surface area contributed by atoms with E-state index in [0.29, 0.717) is 0 Å². The number of nitrogens with one attached hydrogen (secondary N) is 2. The standard InChI is InChI=1S/C22H30N4O/c1-18-3-5-19(6-4-18)15-24-22(23-2)25-16-20-7-9-21(10-8-20)17-26-11-13-27-14-12-26/h3-10H,11-17H2,1-2H3,(H2,23,24,25). The van der Waals surface area contributed by atoms with Gasteiger partial charge in [0, 0.05) is 39.8 Å². The third kappa shape index (κ3) is 6.38. The molecule has 0 bridgehead atoms. The molecule has 0 unspecified atom stereocenters. The van der Waals surface area contributed by atoms with Gasteiger partial charge in [-0.1, -0.05) is 54.1 Å². The first-order valence-electron chi connectivity index (χ1n) is 9.61. The maximum atomic E-state index is 5.41. The van der Waals surface area contributed by atoms with Gasteiger partial charge >= 0.3 is 0 Å². The number of aliphatic imine (C=N–C) groups is 1. The molecule has 1 saturated heterocycles. The number of guanidine groups is 1. The largest absolute Gasteiger partial charge is 0.379 e. The van der Waals surface area contributed by atoms with Crippen LogP contribution in [0.25, 0.3) is 0 Å². The molecule has 5 nitrogen and oxygen atoms in total. The van der Waals surface area contributed by atoms with Crippen LogP contribution < -0.4 is 10.6 Å². The highest BCUT2D eigenvalue weighted by molar-refractivity contribution is 5.79. The Kier molecular flexibility index (Phi) is 7.25. The zero-order valence-electron chi connectivity index (χ0n) is 16.4. The van der Waals surface area contributed by atoms with E-state index in [2.05, 4.69) is 76.0 Å². The van der Waals surface area contributed by atoms with Crippen LogP contribution in [0.3, 0.4) is 0 Å². The molecule has 2 N–H and O–H groups in total. The predicted molar refractivity (Wildman–Crippen MR) is 111 cm³/mol. The first-order chi connectivity index (χ1) is 13.2. The number of rotatable bonds is 6. The second-order valence-electron chi connectivity index (χ2n) is 6.97. The van der Waals surface area contributed by atoms with Gasteiger partial charge in [0.15, 0.2) is 5.96 Å². The van der Waals surface area contributed by atoms with Crippen molar-refractivity contribution in [1.82, 2.24) is 15.5 Å². The van der Waals surface area contributed by atoms with Crippen molar-refractivity contribution < 1.29 is 4.74 Å². The lowest BCUT2D eigenvalue weighted by atomic mass is 10.1. The molecular formula is C22H30N4O. The quantitative estimate of drug-likeness (QED) is 0.610. The minimum absolute atomic E-state index is 0.755. The van der Waals surface area contributed by atoms with Crippen LogP contribution in [0, 0.1) is 6.92 Å². The molecule has 3 rings (SSSR count). The SMILES string of the molecule is CN=C(NCc1ccc(C)cc1)NCc1ccc(CN2CCOCC2)cc1. The van der Waals surface area contributed by atoms with Gasteiger partial charge in [-0.3, -0.25) is 9.89 Å². The Morgan fingerprint density at radius 3 is 1.96 bits per heavy atom. The molecule has 1 heterocycles. The van der Waals surface area contributed by atoms with Crippen LogP contribution in [-0.2, 0) is 24.4 Å². The molecule has 2 aromatic rings. The number of nitrogens with zero attached hydrogens (tertiary/aromatic N) is 2. The van der Waals surface area contributed by atoms with Gasteiger partial charge in [-0.2, -0.15) is 0 Å². The minimum atomic E-state index is 0.755. The van der Waals surface area contributed by atoms with Gasteiger partial charge < -0.3 is 15.4 Å². The van der Waals surface area contributed by atoms with Gasteiger partial charge in [0.2, 0.25) is 0 Å². The molecule has 144 valence electrons. The molecule has 27 heavy (non-hydrogen) atoms. The first kappa shape index (κ1) is 19.4. The van der Waals surface area contributed by atoms with Gasteiger partial charge in [-0.15, -0.1) is 0 Å². The maximum Gasteiger partial charge on any atom is 0.191 e. The molecule has 0 aromatic heterocycles. The van der Waals surface area contributed by atoms with Gasteiger partial charge in [0.1, 0.15) is 0 Å². The van der Waals surface area contributed by atoms with Crippen molar-refractivity contribution >= 4 is 5.96 Å². The molecule has 5 heteroatoms. The lowest BCUT2D eigenvalue weighted by molar-refractivity contribution is 0.0342. The molecule has 0 spiro atoms. The van der Waals surface area contributed by atoms with E-state index < -0.39 is 0 Å². The monoisotopic (exact) mass is 366 g/mol. The molecule has 0 atom stereocenters. The molecule has 0 amide bonds. The number of ether oxygens (including phenoxy) is 1. The number of hydrogen-bond acceptors (Lipinski definition) is 3. The van der Waals surface area contributed by atoms with Crippen LogP contribution in [0.2, 0.25) is 0 Å². The van der Waals surface area contributed by atoms with Crippen LogP contribution in [-0.4, -0.2) is 44.2 Å². The number of benzene rings is 2. The minimum Gasteiger partial charge on any atom is -0.379 e. The summed E-state index contributed by atoms with van der Waals surface area (Å²) in [6.07, 6.45) is 0. The lowest BCUT2D eigenvalue weighted by Crippen LogP contribution is -2.36. The summed E-state index contributed by atoms with van der Waals surface area (Å²) < 4.78 is 5.41. The van der Waals surface area contributed by atoms with Crippen LogP contribution in [0.5, 0.6) is 0 Å². The van der Waals surface area contributed by atoms with E-state index in [1.807, 2.05) is 0 Å². The normalized spacial score (nSPS) is 15.6. The average Bonchev–Trinajstić information content (AvgIpc) is 2.71. The molecule has 1 fully saturated rings. The van der Waals surface area contributed by atoms with Crippen LogP contribution in [0.15, 0.2) is 53.5 Å². The van der Waals surface area contributed by atoms with E-state index in [-0.39, 0.29) is 0 Å². The average molecular weight is 367 g/mol. The lowest BCUT2D eigenvalue weighted by Gasteiger charge is -2.26. The molecule has 2 aromatic carbocycles. The number of morpholine rings is 1. The fourth-order valence-electron chi connectivity index (χ4n) is 3.08. The molecular weight excluding hydrogens is 336 g/mol. The Morgan fingerprint density at radius 2 is 1.41 bits per heavy atom. The molecule has 0 radical (unpaired) electrons. The van der Waals surface area contributed by atoms with Crippen molar-refractivity contribution in [2.24, 2.45) is 4.99 Å². The molecule has 1 aliphatic heterocycles. The molecule has 1 aliphatic rings. The smallest absolute Gasteiger partial charge is 0.191 e. The van der Waals surface area contributed by atoms with E-state index in [0.717, 1.165) is 51.9 Å². The summed E-state index contributed by atoms with van der Waals surface area (Å²) in [7, 11) is 1.80. The first-order valence-corrected chi connectivity index (χ1v) is 9.61. The Hall–Kier alpha value is -2.37. The molecule has 0 aliphatic carbocycles. The van der Waals surface area contributed by atoms with Crippen LogP contribution >= 0.6 is 0 Å². The second-order valence-corrected chi connectivity index (χ2v) is 6.97. The van der Waals surface area contributed by atoms with Crippen molar-refractivity contribution in [2.75, 3.05) is 33.4 Å². The Bertz CT molecular complexity index is 719. The van der Waals surface area contributed by atoms with Crippen molar-refractivity contribution in [3.63, 3.8) is 0 Å². The van der Waals surface area contributed by atoms with E-state index in [1.54, 1.807) is 7.05 Å². The summed E-state index contributed by atoms with van der Waals surface area (Å²) in [4.78, 5) is 6.74. The van der Waals surface area contributed by atoms with Crippen molar-refractivity contribution in [2.45, 2.75) is 26.6 Å². The highest BCUT2D eigenvalue weighted by atomic mass is 16.5. The van der Waals surface area contributed by atoms with Gasteiger partial charge in [-0.25, -0.2) is 0 Å². The zero-order valence-corrected chi connectivity index (χ0v) is 16.4. The van der Waals surface area contributed by atoms with Crippen LogP contribution in [0.1, 0.15) is 22.3 Å². The summed E-state index contributed by atoms with van der Waals surface area (Å²) in [6.45, 7) is 8.34. The molecule has 0 saturated carbocycles. The van der Waals surface area contributed by atoms with Crippen LogP contribution in [0.4, 0.5) is 0 Å². The third-order valence-electron chi connectivity index (χ3n) is 4.80. The summed E-state index contributed by atoms with van der Waals surface area (Å²) in [6, 6.07) is 17.4. The summed E-state index contributed by atoms with van der Waals surface area (Å²) in [5, 5.41) is 6.74. The zero-order chi connectivity index (χ0) is 18.9. The van der Waals surface area contributed by atoms with E-state index in [4.69, 9.17) is 4.74 Å². The fourth-order valence-corrected chi connectivity index (χ4v) is 3.08. The second kappa shape index (κ2) is 10.1. The Morgan fingerprint density at radius 1 is 0.889 bits per heavy atom. The van der Waals surface area contributed by atoms with Crippen molar-refractivity contribution in [3.8, 4) is 0 Å². The Labute approximate surface area is 162 Å². The van der Waals surface area contributed by atoms with Gasteiger partial charge in [0.05, 0.1) is 13.2 Å². The summed E-state index contributed by atoms with van der Waals surface area (Å²) in [5.74, 6) is 0.813. The fraction of sp³-hybridized carbons (Fsp3) is 0.409. The third-order valence-corrected chi connectivity index (χ3v) is 4.80. The van der Waals surface area contributed by atoms with E-state index in [9.17, 15) is 0 Å². The summed E-state index contributed by atoms with van der Waals surface area (Å²) >= 11 is 0. The van der Waals surface area contributed by atoms with Gasteiger partial charge in [0.25, 0.3) is 0 Å². The van der Waals surface area contributed by atoms with Crippen molar-refractivity contribution in [1.29, 1.82) is 0 Å². The predicted octanol–water partition coefficient (Wildman–Crippen LogP) is 2.69. The van der Waals surface area contributed by atoms with E-state index >= 15 is 0 Å². The Balaban J connectivity index is 1.44. The highest BCUT2D eigenvalue weighted by Crippen LogP contribution is 2.09. The highest BCUT2D eigenvalue weighted by Gasteiger charge is 2.10. The number of aryl methyl sites for hydroxylation is 1. The topological polar surface area (TPSA) is 48.9 Å². The maximum absolute atomic E-state index is 5.41. The number of hydrogen-bond donors (Lipinski definition) is 2. The van der Waals surface area contributed by atoms with Crippen molar-refractivity contribution in [3.05, 3.63) is 70.8 Å². The summed E-state index contributed by atoms with van der Waals surface area (Å²) in [5.41, 5.74) is 5.12. The van der Waals surface area contributed by atoms with Gasteiger partial charge in [-0.05, 0) is 23.6 Å². The van der Waals surface area contributed by atoms with E-state index in [1.165, 1.54) is 22.3 Å².